The maximum atomic E-state index is 11.3. The van der Waals surface area contributed by atoms with Gasteiger partial charge in [-0.15, -0.1) is 0 Å². The summed E-state index contributed by atoms with van der Waals surface area (Å²) >= 11 is 0. The Labute approximate surface area is 117 Å². The highest BCUT2D eigenvalue weighted by molar-refractivity contribution is 6.04. The van der Waals surface area contributed by atoms with Crippen LogP contribution in [0.4, 0.5) is 0 Å². The molecule has 0 spiro atoms. The van der Waals surface area contributed by atoms with Gasteiger partial charge < -0.3 is 4.57 Å². The summed E-state index contributed by atoms with van der Waals surface area (Å²) in [6, 6.07) is 8.34. The van der Waals surface area contributed by atoms with E-state index in [9.17, 15) is 4.79 Å². The Kier molecular flexibility index (Phi) is 2.90. The van der Waals surface area contributed by atoms with Crippen molar-refractivity contribution >= 4 is 17.3 Å². The second-order valence-electron chi connectivity index (χ2n) is 5.17. The molecule has 0 saturated carbocycles. The van der Waals surface area contributed by atoms with Crippen LogP contribution in [0.25, 0.3) is 22.2 Å². The highest BCUT2D eigenvalue weighted by Gasteiger charge is 2.13. The molecular formula is C17H16N2O. The molecule has 3 nitrogen and oxygen atoms in total. The minimum atomic E-state index is 0.684. The third-order valence-corrected chi connectivity index (χ3v) is 3.83. The van der Waals surface area contributed by atoms with E-state index in [1.54, 1.807) is 6.20 Å². The first-order valence-corrected chi connectivity index (χ1v) is 6.58. The summed E-state index contributed by atoms with van der Waals surface area (Å²) in [6.07, 6.45) is 4.52. The molecule has 0 fully saturated rings. The summed E-state index contributed by atoms with van der Waals surface area (Å²) in [7, 11) is 1.91. The Bertz CT molecular complexity index is 815. The number of benzene rings is 1. The maximum absolute atomic E-state index is 11.3. The number of carbonyl (C=O) groups is 1. The van der Waals surface area contributed by atoms with Crippen molar-refractivity contribution in [2.75, 3.05) is 0 Å². The predicted molar refractivity (Wildman–Crippen MR) is 81.0 cm³/mol. The van der Waals surface area contributed by atoms with Crippen molar-refractivity contribution in [3.8, 4) is 11.1 Å². The SMILES string of the molecule is Cc1ccc(-c2ccnc3c2c(C=O)cn3C)cc1C. The van der Waals surface area contributed by atoms with Crippen LogP contribution in [0.1, 0.15) is 21.5 Å². The van der Waals surface area contributed by atoms with Crippen LogP contribution in [-0.4, -0.2) is 15.8 Å². The van der Waals surface area contributed by atoms with Gasteiger partial charge in [0.2, 0.25) is 0 Å². The molecule has 0 atom stereocenters. The first kappa shape index (κ1) is 12.6. The summed E-state index contributed by atoms with van der Waals surface area (Å²) in [4.78, 5) is 15.7. The van der Waals surface area contributed by atoms with Crippen molar-refractivity contribution in [2.24, 2.45) is 7.05 Å². The zero-order valence-corrected chi connectivity index (χ0v) is 11.8. The van der Waals surface area contributed by atoms with E-state index in [1.165, 1.54) is 11.1 Å². The van der Waals surface area contributed by atoms with Gasteiger partial charge in [0, 0.05) is 30.4 Å². The molecule has 0 bridgehead atoms. The molecule has 0 N–H and O–H groups in total. The summed E-state index contributed by atoms with van der Waals surface area (Å²) in [6.45, 7) is 4.20. The first-order chi connectivity index (χ1) is 9.61. The Morgan fingerprint density at radius 3 is 2.65 bits per heavy atom. The number of rotatable bonds is 2. The zero-order chi connectivity index (χ0) is 14.3. The minimum Gasteiger partial charge on any atom is -0.335 e. The van der Waals surface area contributed by atoms with Crippen LogP contribution in [0.3, 0.4) is 0 Å². The lowest BCUT2D eigenvalue weighted by molar-refractivity contribution is 0.112. The maximum Gasteiger partial charge on any atom is 0.152 e. The molecule has 0 unspecified atom stereocenters. The van der Waals surface area contributed by atoms with Crippen LogP contribution in [0.2, 0.25) is 0 Å². The van der Waals surface area contributed by atoms with E-state index in [0.29, 0.717) is 5.56 Å². The average molecular weight is 264 g/mol. The standard InChI is InChI=1S/C17H16N2O/c1-11-4-5-13(8-12(11)2)15-6-7-18-17-16(15)14(10-20)9-19(17)3/h4-10H,1-3H3. The molecule has 0 amide bonds. The third-order valence-electron chi connectivity index (χ3n) is 3.83. The van der Waals surface area contributed by atoms with Gasteiger partial charge in [0.25, 0.3) is 0 Å². The Balaban J connectivity index is 2.35. The van der Waals surface area contributed by atoms with E-state index in [2.05, 4.69) is 37.0 Å². The third kappa shape index (κ3) is 1.83. The van der Waals surface area contributed by atoms with Crippen LogP contribution in [-0.2, 0) is 7.05 Å². The van der Waals surface area contributed by atoms with Crippen molar-refractivity contribution in [3.05, 3.63) is 53.3 Å². The summed E-state index contributed by atoms with van der Waals surface area (Å²) in [5.41, 5.74) is 6.21. The van der Waals surface area contributed by atoms with E-state index in [4.69, 9.17) is 0 Å². The van der Waals surface area contributed by atoms with Gasteiger partial charge in [-0.25, -0.2) is 4.98 Å². The molecule has 20 heavy (non-hydrogen) atoms. The van der Waals surface area contributed by atoms with Crippen LogP contribution >= 0.6 is 0 Å². The molecule has 3 rings (SSSR count). The summed E-state index contributed by atoms with van der Waals surface area (Å²) < 4.78 is 1.89. The van der Waals surface area contributed by atoms with Crippen molar-refractivity contribution in [1.82, 2.24) is 9.55 Å². The average Bonchev–Trinajstić information content (AvgIpc) is 2.79. The van der Waals surface area contributed by atoms with Gasteiger partial charge in [-0.05, 0) is 42.2 Å². The van der Waals surface area contributed by atoms with E-state index in [1.807, 2.05) is 23.9 Å². The molecule has 0 saturated heterocycles. The molecule has 0 aliphatic rings. The molecule has 3 aromatic rings. The molecule has 2 aromatic heterocycles. The highest BCUT2D eigenvalue weighted by Crippen LogP contribution is 2.31. The van der Waals surface area contributed by atoms with Crippen LogP contribution in [0.15, 0.2) is 36.7 Å². The lowest BCUT2D eigenvalue weighted by Gasteiger charge is -2.07. The zero-order valence-electron chi connectivity index (χ0n) is 11.8. The number of aryl methyl sites for hydroxylation is 3. The number of hydrogen-bond acceptors (Lipinski definition) is 2. The Morgan fingerprint density at radius 1 is 1.15 bits per heavy atom. The van der Waals surface area contributed by atoms with Crippen LogP contribution in [0, 0.1) is 13.8 Å². The molecular weight excluding hydrogens is 248 g/mol. The summed E-state index contributed by atoms with van der Waals surface area (Å²) in [5.74, 6) is 0. The number of hydrogen-bond donors (Lipinski definition) is 0. The molecule has 100 valence electrons. The van der Waals surface area contributed by atoms with Gasteiger partial charge in [0.15, 0.2) is 6.29 Å². The van der Waals surface area contributed by atoms with Crippen molar-refractivity contribution in [3.63, 3.8) is 0 Å². The number of pyridine rings is 1. The van der Waals surface area contributed by atoms with Crippen LogP contribution in [0.5, 0.6) is 0 Å². The van der Waals surface area contributed by atoms with Crippen LogP contribution < -0.4 is 0 Å². The van der Waals surface area contributed by atoms with Crippen molar-refractivity contribution < 1.29 is 4.79 Å². The monoisotopic (exact) mass is 264 g/mol. The van der Waals surface area contributed by atoms with Gasteiger partial charge in [0.05, 0.1) is 0 Å². The fourth-order valence-electron chi connectivity index (χ4n) is 2.58. The summed E-state index contributed by atoms with van der Waals surface area (Å²) in [5, 5.41) is 0.924. The Hall–Kier alpha value is -2.42. The highest BCUT2D eigenvalue weighted by atomic mass is 16.1. The fourth-order valence-corrected chi connectivity index (χ4v) is 2.58. The van der Waals surface area contributed by atoms with E-state index in [0.717, 1.165) is 28.4 Å². The number of nitrogens with zero attached hydrogens (tertiary/aromatic N) is 2. The topological polar surface area (TPSA) is 34.9 Å². The Morgan fingerprint density at radius 2 is 1.95 bits per heavy atom. The number of aldehydes is 1. The number of carbonyl (C=O) groups excluding carboxylic acids is 1. The quantitative estimate of drug-likeness (QED) is 0.662. The molecule has 0 aliphatic carbocycles. The van der Waals surface area contributed by atoms with Gasteiger partial charge in [-0.3, -0.25) is 4.79 Å². The molecule has 3 heteroatoms. The first-order valence-electron chi connectivity index (χ1n) is 6.58. The van der Waals surface area contributed by atoms with E-state index in [-0.39, 0.29) is 0 Å². The smallest absolute Gasteiger partial charge is 0.152 e. The van der Waals surface area contributed by atoms with Crippen molar-refractivity contribution in [1.29, 1.82) is 0 Å². The van der Waals surface area contributed by atoms with Crippen molar-refractivity contribution in [2.45, 2.75) is 13.8 Å². The van der Waals surface area contributed by atoms with E-state index >= 15 is 0 Å². The van der Waals surface area contributed by atoms with Gasteiger partial charge >= 0.3 is 0 Å². The molecule has 0 radical (unpaired) electrons. The lowest BCUT2D eigenvalue weighted by atomic mass is 9.98. The second kappa shape index (κ2) is 4.60. The predicted octanol–water partition coefficient (Wildman–Crippen LogP) is 3.67. The van der Waals surface area contributed by atoms with Gasteiger partial charge in [-0.1, -0.05) is 18.2 Å². The minimum absolute atomic E-state index is 0.684. The second-order valence-corrected chi connectivity index (χ2v) is 5.17. The molecule has 1 aromatic carbocycles. The van der Waals surface area contributed by atoms with E-state index < -0.39 is 0 Å². The van der Waals surface area contributed by atoms with Gasteiger partial charge in [-0.2, -0.15) is 0 Å². The normalized spacial score (nSPS) is 10.9. The number of fused-ring (bicyclic) bond motifs is 1. The fraction of sp³-hybridized carbons (Fsp3) is 0.176. The molecule has 2 heterocycles. The van der Waals surface area contributed by atoms with Gasteiger partial charge in [0.1, 0.15) is 5.65 Å². The lowest BCUT2D eigenvalue weighted by Crippen LogP contribution is -1.89. The molecule has 0 aliphatic heterocycles. The largest absolute Gasteiger partial charge is 0.335 e. The number of aromatic nitrogens is 2.